The molecule has 0 spiro atoms. The van der Waals surface area contributed by atoms with Crippen LogP contribution in [0.15, 0.2) is 11.7 Å². The minimum absolute atomic E-state index is 0.308. The van der Waals surface area contributed by atoms with E-state index in [4.69, 9.17) is 5.73 Å². The molecule has 0 radical (unpaired) electrons. The number of rotatable bonds is 7. The van der Waals surface area contributed by atoms with Gasteiger partial charge < -0.3 is 5.73 Å². The Morgan fingerprint density at radius 2 is 2.40 bits per heavy atom. The van der Waals surface area contributed by atoms with Crippen LogP contribution in [-0.4, -0.2) is 17.3 Å². The summed E-state index contributed by atoms with van der Waals surface area (Å²) in [4.78, 5) is 16.6. The average molecular weight is 226 g/mol. The van der Waals surface area contributed by atoms with E-state index in [1.165, 1.54) is 0 Å². The number of Topliss-reactive ketones (excluding diaryl/α,β-unsaturated/α-hetero) is 1. The third-order valence-electron chi connectivity index (χ3n) is 2.43. The Bertz CT molecular complexity index is 285. The molecule has 1 unspecified atom stereocenters. The van der Waals surface area contributed by atoms with Crippen molar-refractivity contribution >= 4 is 17.1 Å². The van der Waals surface area contributed by atoms with Gasteiger partial charge in [-0.05, 0) is 25.3 Å². The molecule has 0 saturated heterocycles. The molecule has 1 heterocycles. The van der Waals surface area contributed by atoms with Gasteiger partial charge in [-0.3, -0.25) is 9.78 Å². The van der Waals surface area contributed by atoms with Gasteiger partial charge in [-0.15, -0.1) is 11.3 Å². The molecule has 0 aliphatic rings. The van der Waals surface area contributed by atoms with Crippen LogP contribution in [0.2, 0.25) is 0 Å². The van der Waals surface area contributed by atoms with E-state index in [0.717, 1.165) is 17.7 Å². The normalized spacial score (nSPS) is 12.7. The van der Waals surface area contributed by atoms with E-state index in [1.807, 2.05) is 0 Å². The number of hydrogen-bond acceptors (Lipinski definition) is 4. The van der Waals surface area contributed by atoms with Gasteiger partial charge >= 0.3 is 0 Å². The second-order valence-corrected chi connectivity index (χ2v) is 4.88. The number of hydrogen-bond donors (Lipinski definition) is 1. The molecule has 84 valence electrons. The number of ketones is 1. The highest BCUT2D eigenvalue weighted by Gasteiger charge is 2.08. The van der Waals surface area contributed by atoms with Gasteiger partial charge in [0.05, 0.1) is 5.51 Å². The van der Waals surface area contributed by atoms with Crippen molar-refractivity contribution in [2.45, 2.75) is 32.6 Å². The van der Waals surface area contributed by atoms with E-state index < -0.39 is 0 Å². The molecule has 0 fully saturated rings. The molecule has 0 aliphatic carbocycles. The fourth-order valence-electron chi connectivity index (χ4n) is 1.45. The monoisotopic (exact) mass is 226 g/mol. The zero-order chi connectivity index (χ0) is 11.1. The lowest BCUT2D eigenvalue weighted by Gasteiger charge is -2.08. The number of nitrogens with zero attached hydrogens (tertiary/aromatic N) is 1. The van der Waals surface area contributed by atoms with E-state index >= 15 is 0 Å². The molecule has 0 bridgehead atoms. The van der Waals surface area contributed by atoms with Crippen molar-refractivity contribution in [3.63, 3.8) is 0 Å². The van der Waals surface area contributed by atoms with Crippen molar-refractivity contribution in [3.8, 4) is 0 Å². The van der Waals surface area contributed by atoms with Gasteiger partial charge in [0.15, 0.2) is 0 Å². The number of aromatic nitrogens is 1. The molecule has 0 saturated carbocycles. The Morgan fingerprint density at radius 3 is 3.00 bits per heavy atom. The van der Waals surface area contributed by atoms with Crippen molar-refractivity contribution in [1.82, 2.24) is 4.98 Å². The minimum atomic E-state index is 0.308. The summed E-state index contributed by atoms with van der Waals surface area (Å²) in [6, 6.07) is 0. The highest BCUT2D eigenvalue weighted by Crippen LogP contribution is 2.12. The lowest BCUT2D eigenvalue weighted by atomic mass is 9.99. The highest BCUT2D eigenvalue weighted by molar-refractivity contribution is 7.09. The van der Waals surface area contributed by atoms with Gasteiger partial charge in [0.1, 0.15) is 5.78 Å². The van der Waals surface area contributed by atoms with Crippen molar-refractivity contribution in [2.75, 3.05) is 6.54 Å². The Hall–Kier alpha value is -0.740. The van der Waals surface area contributed by atoms with Gasteiger partial charge in [0.2, 0.25) is 0 Å². The molecule has 0 amide bonds. The lowest BCUT2D eigenvalue weighted by molar-refractivity contribution is -0.118. The van der Waals surface area contributed by atoms with Crippen LogP contribution in [0.3, 0.4) is 0 Å². The van der Waals surface area contributed by atoms with Gasteiger partial charge in [-0.1, -0.05) is 6.92 Å². The van der Waals surface area contributed by atoms with Crippen LogP contribution < -0.4 is 5.73 Å². The van der Waals surface area contributed by atoms with Crippen LogP contribution in [0.5, 0.6) is 0 Å². The van der Waals surface area contributed by atoms with Gasteiger partial charge in [0, 0.05) is 23.9 Å². The number of carbonyl (C=O) groups excluding carboxylic acids is 1. The van der Waals surface area contributed by atoms with E-state index in [2.05, 4.69) is 11.9 Å². The number of nitrogens with two attached hydrogens (primary N) is 1. The van der Waals surface area contributed by atoms with Crippen molar-refractivity contribution < 1.29 is 4.79 Å². The molecule has 4 heteroatoms. The largest absolute Gasteiger partial charge is 0.330 e. The minimum Gasteiger partial charge on any atom is -0.330 e. The van der Waals surface area contributed by atoms with Gasteiger partial charge in [-0.2, -0.15) is 0 Å². The van der Waals surface area contributed by atoms with Crippen LogP contribution >= 0.6 is 11.3 Å². The molecule has 1 atom stereocenters. The standard InChI is InChI=1S/C11H18N2OS/c1-9(4-5-12)2-3-10(14)6-11-7-13-8-15-11/h7-9H,2-6,12H2,1H3. The Morgan fingerprint density at radius 1 is 1.60 bits per heavy atom. The summed E-state index contributed by atoms with van der Waals surface area (Å²) in [7, 11) is 0. The molecule has 1 aromatic heterocycles. The maximum absolute atomic E-state index is 11.6. The van der Waals surface area contributed by atoms with Crippen LogP contribution in [0, 0.1) is 5.92 Å². The quantitative estimate of drug-likeness (QED) is 0.774. The summed E-state index contributed by atoms with van der Waals surface area (Å²) in [5.74, 6) is 0.864. The molecule has 15 heavy (non-hydrogen) atoms. The molecular formula is C11H18N2OS. The van der Waals surface area contributed by atoms with Crippen molar-refractivity contribution in [3.05, 3.63) is 16.6 Å². The third-order valence-corrected chi connectivity index (χ3v) is 3.21. The van der Waals surface area contributed by atoms with Crippen molar-refractivity contribution in [2.24, 2.45) is 11.7 Å². The summed E-state index contributed by atoms with van der Waals surface area (Å²) in [6.45, 7) is 2.86. The summed E-state index contributed by atoms with van der Waals surface area (Å²) >= 11 is 1.54. The highest BCUT2D eigenvalue weighted by atomic mass is 32.1. The summed E-state index contributed by atoms with van der Waals surface area (Å²) in [5, 5.41) is 0. The SMILES string of the molecule is CC(CCN)CCC(=O)Cc1cncs1. The van der Waals surface area contributed by atoms with Crippen LogP contribution in [-0.2, 0) is 11.2 Å². The Kier molecular flexibility index (Phi) is 5.50. The van der Waals surface area contributed by atoms with Crippen molar-refractivity contribution in [1.29, 1.82) is 0 Å². The number of carbonyl (C=O) groups is 1. The first kappa shape index (κ1) is 12.3. The first-order valence-electron chi connectivity index (χ1n) is 5.31. The van der Waals surface area contributed by atoms with E-state index in [1.54, 1.807) is 23.0 Å². The first-order chi connectivity index (χ1) is 7.22. The predicted molar refractivity (Wildman–Crippen MR) is 62.9 cm³/mol. The zero-order valence-corrected chi connectivity index (χ0v) is 9.93. The second-order valence-electron chi connectivity index (χ2n) is 3.90. The molecule has 1 rings (SSSR count). The lowest BCUT2D eigenvalue weighted by Crippen LogP contribution is -2.09. The molecule has 0 aliphatic heterocycles. The number of thiazole rings is 1. The summed E-state index contributed by atoms with van der Waals surface area (Å²) in [6.07, 6.45) is 4.94. The smallest absolute Gasteiger partial charge is 0.138 e. The fraction of sp³-hybridized carbons (Fsp3) is 0.636. The maximum Gasteiger partial charge on any atom is 0.138 e. The Balaban J connectivity index is 2.19. The maximum atomic E-state index is 11.6. The molecule has 2 N–H and O–H groups in total. The molecular weight excluding hydrogens is 208 g/mol. The van der Waals surface area contributed by atoms with E-state index in [0.29, 0.717) is 31.1 Å². The van der Waals surface area contributed by atoms with E-state index in [9.17, 15) is 4.79 Å². The van der Waals surface area contributed by atoms with Crippen LogP contribution in [0.1, 0.15) is 31.1 Å². The summed E-state index contributed by atoms with van der Waals surface area (Å²) in [5.41, 5.74) is 7.22. The molecule has 0 aromatic carbocycles. The molecule has 1 aromatic rings. The Labute approximate surface area is 94.7 Å². The predicted octanol–water partition coefficient (Wildman–Crippen LogP) is 2.02. The van der Waals surface area contributed by atoms with Crippen LogP contribution in [0.4, 0.5) is 0 Å². The third kappa shape index (κ3) is 5.04. The van der Waals surface area contributed by atoms with Gasteiger partial charge in [0.25, 0.3) is 0 Å². The second kappa shape index (κ2) is 6.69. The first-order valence-corrected chi connectivity index (χ1v) is 6.19. The van der Waals surface area contributed by atoms with Crippen LogP contribution in [0.25, 0.3) is 0 Å². The topological polar surface area (TPSA) is 56.0 Å². The average Bonchev–Trinajstić information content (AvgIpc) is 2.68. The zero-order valence-electron chi connectivity index (χ0n) is 9.11. The fourth-order valence-corrected chi connectivity index (χ4v) is 2.07. The van der Waals surface area contributed by atoms with E-state index in [-0.39, 0.29) is 0 Å². The molecule has 3 nitrogen and oxygen atoms in total. The van der Waals surface area contributed by atoms with Gasteiger partial charge in [-0.25, -0.2) is 0 Å². The summed E-state index contributed by atoms with van der Waals surface area (Å²) < 4.78 is 0.